The van der Waals surface area contributed by atoms with Gasteiger partial charge in [0.1, 0.15) is 0 Å². The molecule has 1 atom stereocenters. The standard InChI is InChI=1S/C33H41N3O6S/c1-34-30-21-29(17-14-25(30)9-7-23-3-5-24(6-4-23)8-18-32(37)41-2)43(39,40)35-28-15-12-27(13-16-28)33(38)36-19-20-42-22-31(36)26-10-11-26/h3-6,14,17,21,26-28,31,34-35H,8,10-13,15-16,18-20,22H2,1-2H3/t27-,28-,31-/m1/s1. The second-order valence-electron chi connectivity index (χ2n) is 11.7. The molecule has 0 bridgehead atoms. The number of amides is 1. The van der Waals surface area contributed by atoms with Crippen molar-refractivity contribution in [3.63, 3.8) is 0 Å². The maximum absolute atomic E-state index is 13.3. The van der Waals surface area contributed by atoms with Crippen LogP contribution in [0.2, 0.25) is 0 Å². The zero-order chi connectivity index (χ0) is 30.4. The first kappa shape index (κ1) is 31.0. The molecular weight excluding hydrogens is 566 g/mol. The number of carbonyl (C=O) groups is 2. The van der Waals surface area contributed by atoms with Crippen LogP contribution in [0, 0.1) is 23.7 Å². The van der Waals surface area contributed by atoms with E-state index >= 15 is 0 Å². The minimum absolute atomic E-state index is 0.0510. The van der Waals surface area contributed by atoms with Gasteiger partial charge < -0.3 is 19.7 Å². The topological polar surface area (TPSA) is 114 Å². The fourth-order valence-corrected chi connectivity index (χ4v) is 7.33. The van der Waals surface area contributed by atoms with Crippen LogP contribution in [0.5, 0.6) is 0 Å². The number of sulfonamides is 1. The van der Waals surface area contributed by atoms with Crippen molar-refractivity contribution in [1.29, 1.82) is 0 Å². The summed E-state index contributed by atoms with van der Waals surface area (Å²) in [6, 6.07) is 12.6. The van der Waals surface area contributed by atoms with Gasteiger partial charge in [0.05, 0.1) is 36.9 Å². The Labute approximate surface area is 254 Å². The summed E-state index contributed by atoms with van der Waals surface area (Å²) in [7, 11) is -0.630. The quantitative estimate of drug-likeness (QED) is 0.330. The predicted molar refractivity (Wildman–Crippen MR) is 164 cm³/mol. The third kappa shape index (κ3) is 7.96. The Balaban J connectivity index is 1.17. The maximum Gasteiger partial charge on any atom is 0.305 e. The lowest BCUT2D eigenvalue weighted by atomic mass is 9.85. The molecule has 2 N–H and O–H groups in total. The van der Waals surface area contributed by atoms with Crippen LogP contribution in [0.15, 0.2) is 47.4 Å². The molecule has 1 saturated heterocycles. The highest BCUT2D eigenvalue weighted by Crippen LogP contribution is 2.38. The SMILES string of the molecule is CNc1cc(S(=O)(=O)N[C@H]2CC[C@H](C(=O)N3CCOC[C@@H]3C3CC3)CC2)ccc1C#Cc1ccc(CCC(=O)OC)cc1. The number of hydrogen-bond acceptors (Lipinski definition) is 7. The van der Waals surface area contributed by atoms with Crippen LogP contribution in [0.3, 0.4) is 0 Å². The Bertz CT molecular complexity index is 1470. The number of ether oxygens (including phenoxy) is 2. The lowest BCUT2D eigenvalue weighted by molar-refractivity contribution is -0.146. The van der Waals surface area contributed by atoms with E-state index in [0.29, 0.717) is 75.5 Å². The smallest absolute Gasteiger partial charge is 0.305 e. The molecule has 3 fully saturated rings. The summed E-state index contributed by atoms with van der Waals surface area (Å²) < 4.78 is 39.8. The summed E-state index contributed by atoms with van der Waals surface area (Å²) in [6.45, 7) is 1.89. The summed E-state index contributed by atoms with van der Waals surface area (Å²) in [5, 5.41) is 3.07. The van der Waals surface area contributed by atoms with Gasteiger partial charge in [0.15, 0.2) is 0 Å². The molecule has 2 aromatic rings. The number of anilines is 1. The molecule has 1 aliphatic heterocycles. The van der Waals surface area contributed by atoms with Gasteiger partial charge >= 0.3 is 5.97 Å². The number of carbonyl (C=O) groups excluding carboxylic acids is 2. The Hall–Kier alpha value is -3.39. The Morgan fingerprint density at radius 2 is 1.77 bits per heavy atom. The molecular formula is C33H41N3O6S. The van der Waals surface area contributed by atoms with Gasteiger partial charge in [-0.15, -0.1) is 0 Å². The maximum atomic E-state index is 13.3. The van der Waals surface area contributed by atoms with Gasteiger partial charge in [-0.3, -0.25) is 9.59 Å². The third-order valence-corrected chi connectivity index (χ3v) is 10.2. The first-order valence-corrected chi connectivity index (χ1v) is 16.7. The van der Waals surface area contributed by atoms with Crippen LogP contribution in [-0.2, 0) is 35.5 Å². The highest BCUT2D eigenvalue weighted by Gasteiger charge is 2.41. The normalized spacial score (nSPS) is 22.3. The molecule has 0 aromatic heterocycles. The largest absolute Gasteiger partial charge is 0.469 e. The predicted octanol–water partition coefficient (Wildman–Crippen LogP) is 3.71. The first-order valence-electron chi connectivity index (χ1n) is 15.2. The molecule has 2 saturated carbocycles. The van der Waals surface area contributed by atoms with Gasteiger partial charge in [-0.2, -0.15) is 0 Å². The molecule has 1 heterocycles. The number of aryl methyl sites for hydroxylation is 1. The Morgan fingerprint density at radius 3 is 2.44 bits per heavy atom. The van der Waals surface area contributed by atoms with Gasteiger partial charge in [0.25, 0.3) is 0 Å². The number of nitrogens with one attached hydrogen (secondary N) is 2. The lowest BCUT2D eigenvalue weighted by Gasteiger charge is -2.39. The van der Waals surface area contributed by atoms with Crippen molar-refractivity contribution in [2.24, 2.45) is 11.8 Å². The number of morpholine rings is 1. The van der Waals surface area contributed by atoms with Crippen molar-refractivity contribution in [2.75, 3.05) is 39.2 Å². The van der Waals surface area contributed by atoms with Crippen molar-refractivity contribution in [2.45, 2.75) is 68.3 Å². The van der Waals surface area contributed by atoms with Gasteiger partial charge in [-0.25, -0.2) is 13.1 Å². The van der Waals surface area contributed by atoms with Gasteiger partial charge in [0, 0.05) is 43.1 Å². The van der Waals surface area contributed by atoms with E-state index in [1.54, 1.807) is 25.2 Å². The molecule has 0 spiro atoms. The van der Waals surface area contributed by atoms with E-state index in [1.165, 1.54) is 20.0 Å². The number of esters is 1. The number of rotatable bonds is 9. The summed E-state index contributed by atoms with van der Waals surface area (Å²) in [5.41, 5.74) is 3.14. The van der Waals surface area contributed by atoms with Crippen molar-refractivity contribution in [3.8, 4) is 11.8 Å². The fraction of sp³-hybridized carbons (Fsp3) is 0.515. The molecule has 9 nitrogen and oxygen atoms in total. The fourth-order valence-electron chi connectivity index (χ4n) is 6.00. The summed E-state index contributed by atoms with van der Waals surface area (Å²) >= 11 is 0. The molecule has 5 rings (SSSR count). The summed E-state index contributed by atoms with van der Waals surface area (Å²) in [4.78, 5) is 26.9. The van der Waals surface area contributed by atoms with Crippen LogP contribution in [-0.4, -0.2) is 71.2 Å². The Morgan fingerprint density at radius 1 is 1.02 bits per heavy atom. The number of nitrogens with zero attached hydrogens (tertiary/aromatic N) is 1. The summed E-state index contributed by atoms with van der Waals surface area (Å²) in [5.74, 6) is 6.75. The molecule has 230 valence electrons. The average molecular weight is 608 g/mol. The van der Waals surface area contributed by atoms with Crippen LogP contribution < -0.4 is 10.0 Å². The zero-order valence-electron chi connectivity index (χ0n) is 24.9. The third-order valence-electron chi connectivity index (χ3n) is 8.72. The first-order chi connectivity index (χ1) is 20.8. The van der Waals surface area contributed by atoms with Crippen molar-refractivity contribution in [1.82, 2.24) is 9.62 Å². The second-order valence-corrected chi connectivity index (χ2v) is 13.4. The van der Waals surface area contributed by atoms with Gasteiger partial charge in [0.2, 0.25) is 15.9 Å². The highest BCUT2D eigenvalue weighted by molar-refractivity contribution is 7.89. The van der Waals surface area contributed by atoms with E-state index in [2.05, 4.69) is 26.6 Å². The minimum Gasteiger partial charge on any atom is -0.469 e. The lowest BCUT2D eigenvalue weighted by Crippen LogP contribution is -2.52. The minimum atomic E-state index is -3.75. The molecule has 3 aliphatic rings. The molecule has 1 amide bonds. The molecule has 0 radical (unpaired) electrons. The number of benzene rings is 2. The second kappa shape index (κ2) is 13.9. The van der Waals surface area contributed by atoms with Gasteiger partial charge in [-0.1, -0.05) is 24.0 Å². The molecule has 43 heavy (non-hydrogen) atoms. The van der Waals surface area contributed by atoms with Crippen LogP contribution >= 0.6 is 0 Å². The highest BCUT2D eigenvalue weighted by atomic mass is 32.2. The Kier molecular flexibility index (Phi) is 10.1. The van der Waals surface area contributed by atoms with Crippen molar-refractivity contribution >= 4 is 27.6 Å². The van der Waals surface area contributed by atoms with E-state index in [0.717, 1.165) is 11.1 Å². The van der Waals surface area contributed by atoms with Crippen LogP contribution in [0.4, 0.5) is 5.69 Å². The van der Waals surface area contributed by atoms with E-state index in [9.17, 15) is 18.0 Å². The van der Waals surface area contributed by atoms with E-state index < -0.39 is 10.0 Å². The van der Waals surface area contributed by atoms with Crippen molar-refractivity contribution < 1.29 is 27.5 Å². The molecule has 0 unspecified atom stereocenters. The van der Waals surface area contributed by atoms with Gasteiger partial charge in [-0.05, 0) is 86.8 Å². The zero-order valence-corrected chi connectivity index (χ0v) is 25.8. The number of methoxy groups -OCH3 is 1. The molecule has 2 aliphatic carbocycles. The molecule has 10 heteroatoms. The number of hydrogen-bond donors (Lipinski definition) is 2. The van der Waals surface area contributed by atoms with Crippen LogP contribution in [0.25, 0.3) is 0 Å². The van der Waals surface area contributed by atoms with Crippen LogP contribution in [0.1, 0.15) is 61.6 Å². The van der Waals surface area contributed by atoms with E-state index in [-0.39, 0.29) is 34.8 Å². The monoisotopic (exact) mass is 607 g/mol. The molecule has 2 aromatic carbocycles. The van der Waals surface area contributed by atoms with E-state index in [1.807, 2.05) is 29.2 Å². The van der Waals surface area contributed by atoms with E-state index in [4.69, 9.17) is 4.74 Å². The average Bonchev–Trinajstić information content (AvgIpc) is 3.88. The summed E-state index contributed by atoms with van der Waals surface area (Å²) in [6.07, 6.45) is 5.91. The van der Waals surface area contributed by atoms with Crippen molar-refractivity contribution in [3.05, 3.63) is 59.2 Å².